The summed E-state index contributed by atoms with van der Waals surface area (Å²) in [5, 5.41) is 3.00. The first-order valence-corrected chi connectivity index (χ1v) is 8.13. The minimum absolute atomic E-state index is 0.0693. The molecule has 1 heterocycles. The fourth-order valence-electron chi connectivity index (χ4n) is 3.02. The van der Waals surface area contributed by atoms with E-state index >= 15 is 0 Å². The number of hydrogen-bond acceptors (Lipinski definition) is 2. The molecule has 1 fully saturated rings. The molecule has 1 saturated heterocycles. The summed E-state index contributed by atoms with van der Waals surface area (Å²) in [5.74, 6) is 0.0693. The molecule has 0 aromatic heterocycles. The Hall–Kier alpha value is -1.39. The number of nitrogens with one attached hydrogen (secondary N) is 2. The number of quaternary nitrogens is 1. The second kappa shape index (κ2) is 6.80. The van der Waals surface area contributed by atoms with Crippen LogP contribution < -0.4 is 10.2 Å². The van der Waals surface area contributed by atoms with Gasteiger partial charge in [0.15, 0.2) is 6.54 Å². The molecule has 0 unspecified atom stereocenters. The quantitative estimate of drug-likeness (QED) is 0.891. The van der Waals surface area contributed by atoms with Gasteiger partial charge in [-0.2, -0.15) is 0 Å². The summed E-state index contributed by atoms with van der Waals surface area (Å²) in [6.07, 6.45) is 0.440. The molecular weight excluding hydrogens is 276 g/mol. The maximum atomic E-state index is 12.2. The molecule has 2 rings (SSSR count). The van der Waals surface area contributed by atoms with E-state index in [4.69, 9.17) is 4.74 Å². The fraction of sp³-hybridized carbons (Fsp3) is 0.611. The number of morpholine rings is 1. The van der Waals surface area contributed by atoms with Gasteiger partial charge in [-0.3, -0.25) is 4.79 Å². The number of carbonyl (C=O) groups excluding carboxylic acids is 1. The molecule has 0 saturated carbocycles. The van der Waals surface area contributed by atoms with Crippen molar-refractivity contribution in [1.29, 1.82) is 0 Å². The normalized spacial score (nSPS) is 25.8. The highest BCUT2D eigenvalue weighted by molar-refractivity contribution is 5.91. The summed E-state index contributed by atoms with van der Waals surface area (Å²) in [6, 6.07) is 8.14. The molecule has 22 heavy (non-hydrogen) atoms. The molecule has 122 valence electrons. The second-order valence-corrected chi connectivity index (χ2v) is 7.47. The SMILES string of the molecule is C[C@H]1C[NH+](CC(=O)Nc2ccc(C(C)(C)C)cc2)C[C@H](C)O1. The van der Waals surface area contributed by atoms with Gasteiger partial charge in [0.25, 0.3) is 5.91 Å². The monoisotopic (exact) mass is 305 g/mol. The van der Waals surface area contributed by atoms with Crippen LogP contribution in [0.3, 0.4) is 0 Å². The predicted molar refractivity (Wildman–Crippen MR) is 89.3 cm³/mol. The van der Waals surface area contributed by atoms with Crippen molar-refractivity contribution in [3.8, 4) is 0 Å². The van der Waals surface area contributed by atoms with Gasteiger partial charge >= 0.3 is 0 Å². The van der Waals surface area contributed by atoms with Crippen LogP contribution in [0.1, 0.15) is 40.2 Å². The van der Waals surface area contributed by atoms with Gasteiger partial charge in [0.05, 0.1) is 0 Å². The summed E-state index contributed by atoms with van der Waals surface area (Å²) >= 11 is 0. The summed E-state index contributed by atoms with van der Waals surface area (Å²) in [7, 11) is 0. The third kappa shape index (κ3) is 4.82. The number of rotatable bonds is 3. The summed E-state index contributed by atoms with van der Waals surface area (Å²) in [5.41, 5.74) is 2.27. The highest BCUT2D eigenvalue weighted by Gasteiger charge is 2.27. The molecule has 2 atom stereocenters. The summed E-state index contributed by atoms with van der Waals surface area (Å²) in [4.78, 5) is 13.5. The predicted octanol–water partition coefficient (Wildman–Crippen LogP) is 1.61. The average molecular weight is 305 g/mol. The zero-order chi connectivity index (χ0) is 16.3. The molecule has 4 heteroatoms. The lowest BCUT2D eigenvalue weighted by molar-refractivity contribution is -0.907. The van der Waals surface area contributed by atoms with Crippen LogP contribution in [0.5, 0.6) is 0 Å². The minimum Gasteiger partial charge on any atom is -0.364 e. The van der Waals surface area contributed by atoms with Crippen LogP contribution >= 0.6 is 0 Å². The Morgan fingerprint density at radius 1 is 1.18 bits per heavy atom. The van der Waals surface area contributed by atoms with Crippen LogP contribution in [0.25, 0.3) is 0 Å². The lowest BCUT2D eigenvalue weighted by atomic mass is 9.87. The van der Waals surface area contributed by atoms with E-state index in [1.165, 1.54) is 10.5 Å². The molecule has 0 bridgehead atoms. The van der Waals surface area contributed by atoms with Crippen molar-refractivity contribution in [1.82, 2.24) is 0 Å². The van der Waals surface area contributed by atoms with Crippen molar-refractivity contribution in [3.63, 3.8) is 0 Å². The van der Waals surface area contributed by atoms with Crippen molar-refractivity contribution >= 4 is 11.6 Å². The van der Waals surface area contributed by atoms with Crippen LogP contribution in [0.2, 0.25) is 0 Å². The van der Waals surface area contributed by atoms with Crippen LogP contribution in [0.4, 0.5) is 5.69 Å². The van der Waals surface area contributed by atoms with E-state index < -0.39 is 0 Å². The van der Waals surface area contributed by atoms with Crippen LogP contribution in [0.15, 0.2) is 24.3 Å². The van der Waals surface area contributed by atoms with Gasteiger partial charge in [-0.05, 0) is 37.0 Å². The molecular formula is C18H29N2O2+. The highest BCUT2D eigenvalue weighted by Crippen LogP contribution is 2.23. The maximum absolute atomic E-state index is 12.2. The molecule has 1 aromatic rings. The minimum atomic E-state index is 0.0693. The van der Waals surface area contributed by atoms with Gasteiger partial charge in [-0.25, -0.2) is 0 Å². The molecule has 1 aliphatic rings. The van der Waals surface area contributed by atoms with Gasteiger partial charge in [0.1, 0.15) is 25.3 Å². The number of anilines is 1. The van der Waals surface area contributed by atoms with Crippen LogP contribution in [0, 0.1) is 0 Å². The van der Waals surface area contributed by atoms with E-state index in [1.807, 2.05) is 12.1 Å². The third-order valence-electron chi connectivity index (χ3n) is 4.06. The number of benzene rings is 1. The number of carbonyl (C=O) groups is 1. The van der Waals surface area contributed by atoms with Gasteiger partial charge < -0.3 is 15.0 Å². The molecule has 1 aliphatic heterocycles. The first-order chi connectivity index (χ1) is 10.2. The molecule has 4 nitrogen and oxygen atoms in total. The Morgan fingerprint density at radius 3 is 2.23 bits per heavy atom. The summed E-state index contributed by atoms with van der Waals surface area (Å²) < 4.78 is 5.71. The van der Waals surface area contributed by atoms with Crippen LogP contribution in [-0.2, 0) is 14.9 Å². The Bertz CT molecular complexity index is 495. The van der Waals surface area contributed by atoms with E-state index in [1.54, 1.807) is 0 Å². The van der Waals surface area contributed by atoms with Crippen LogP contribution in [-0.4, -0.2) is 37.7 Å². The zero-order valence-electron chi connectivity index (χ0n) is 14.4. The van der Waals surface area contributed by atoms with Gasteiger partial charge in [-0.1, -0.05) is 32.9 Å². The largest absolute Gasteiger partial charge is 0.364 e. The molecule has 2 N–H and O–H groups in total. The topological polar surface area (TPSA) is 42.8 Å². The lowest BCUT2D eigenvalue weighted by Crippen LogP contribution is -3.16. The first-order valence-electron chi connectivity index (χ1n) is 8.13. The first kappa shape index (κ1) is 17.0. The molecule has 0 aliphatic carbocycles. The number of ether oxygens (including phenoxy) is 1. The van der Waals surface area contributed by atoms with Crippen molar-refractivity contribution < 1.29 is 14.4 Å². The lowest BCUT2D eigenvalue weighted by Gasteiger charge is -2.31. The van der Waals surface area contributed by atoms with Crippen molar-refractivity contribution in [2.24, 2.45) is 0 Å². The number of amides is 1. The van der Waals surface area contributed by atoms with Gasteiger partial charge in [0.2, 0.25) is 0 Å². The smallest absolute Gasteiger partial charge is 0.279 e. The van der Waals surface area contributed by atoms with Gasteiger partial charge in [0, 0.05) is 5.69 Å². The molecule has 1 amide bonds. The second-order valence-electron chi connectivity index (χ2n) is 7.47. The Labute approximate surface area is 133 Å². The number of hydrogen-bond donors (Lipinski definition) is 2. The Morgan fingerprint density at radius 2 is 1.73 bits per heavy atom. The van der Waals surface area contributed by atoms with E-state index in [9.17, 15) is 4.79 Å². The standard InChI is InChI=1S/C18H28N2O2/c1-13-10-20(11-14(2)22-13)12-17(21)19-16-8-6-15(7-9-16)18(3,4)5/h6-9,13-14H,10-12H2,1-5H3,(H,19,21)/p+1/t13-,14-/m0/s1. The third-order valence-corrected chi connectivity index (χ3v) is 4.06. The maximum Gasteiger partial charge on any atom is 0.279 e. The van der Waals surface area contributed by atoms with E-state index in [0.717, 1.165) is 18.8 Å². The molecule has 0 spiro atoms. The highest BCUT2D eigenvalue weighted by atomic mass is 16.5. The molecule has 1 aromatic carbocycles. The Balaban J connectivity index is 1.89. The van der Waals surface area contributed by atoms with Gasteiger partial charge in [-0.15, -0.1) is 0 Å². The Kier molecular flexibility index (Phi) is 5.24. The van der Waals surface area contributed by atoms with E-state index in [2.05, 4.69) is 52.1 Å². The van der Waals surface area contributed by atoms with Crippen molar-refractivity contribution in [2.45, 2.75) is 52.2 Å². The fourth-order valence-corrected chi connectivity index (χ4v) is 3.02. The van der Waals surface area contributed by atoms with E-state index in [0.29, 0.717) is 6.54 Å². The van der Waals surface area contributed by atoms with Crippen molar-refractivity contribution in [2.75, 3.05) is 25.0 Å². The molecule has 0 radical (unpaired) electrons. The van der Waals surface area contributed by atoms with Crippen molar-refractivity contribution in [3.05, 3.63) is 29.8 Å². The summed E-state index contributed by atoms with van der Waals surface area (Å²) in [6.45, 7) is 13.0. The van der Waals surface area contributed by atoms with E-state index in [-0.39, 0.29) is 23.5 Å². The zero-order valence-corrected chi connectivity index (χ0v) is 14.4. The average Bonchev–Trinajstić information content (AvgIpc) is 2.36.